The maximum Gasteiger partial charge on any atom is 0.314 e. The zero-order valence-corrected chi connectivity index (χ0v) is 17.7. The second-order valence-corrected chi connectivity index (χ2v) is 8.44. The van der Waals surface area contributed by atoms with Gasteiger partial charge in [0.15, 0.2) is 0 Å². The van der Waals surface area contributed by atoms with Crippen molar-refractivity contribution >= 4 is 11.9 Å². The smallest absolute Gasteiger partial charge is 0.314 e. The van der Waals surface area contributed by atoms with Crippen molar-refractivity contribution in [2.75, 3.05) is 19.6 Å². The lowest BCUT2D eigenvalue weighted by Crippen LogP contribution is -2.42. The quantitative estimate of drug-likeness (QED) is 0.682. The molecule has 0 spiro atoms. The van der Waals surface area contributed by atoms with E-state index in [2.05, 4.69) is 22.8 Å². The van der Waals surface area contributed by atoms with E-state index in [1.54, 1.807) is 12.1 Å². The predicted molar refractivity (Wildman–Crippen MR) is 116 cm³/mol. The number of benzene rings is 2. The van der Waals surface area contributed by atoms with Crippen molar-refractivity contribution in [3.8, 4) is 0 Å². The second-order valence-electron chi connectivity index (χ2n) is 8.44. The zero-order valence-electron chi connectivity index (χ0n) is 17.7. The molecule has 0 bridgehead atoms. The molecule has 0 saturated carbocycles. The highest BCUT2D eigenvalue weighted by Gasteiger charge is 2.22. The third kappa shape index (κ3) is 5.81. The molecule has 0 aliphatic carbocycles. The highest BCUT2D eigenvalue weighted by Crippen LogP contribution is 2.22. The van der Waals surface area contributed by atoms with Crippen LogP contribution < -0.4 is 10.6 Å². The minimum Gasteiger partial charge on any atom is -0.338 e. The average molecular weight is 412 g/mol. The molecule has 2 N–H and O–H groups in total. The maximum atomic E-state index is 13.1. The van der Waals surface area contributed by atoms with Gasteiger partial charge in [0.05, 0.1) is 0 Å². The van der Waals surface area contributed by atoms with Gasteiger partial charge in [-0.05, 0) is 41.7 Å². The molecule has 30 heavy (non-hydrogen) atoms. The van der Waals surface area contributed by atoms with Gasteiger partial charge < -0.3 is 15.5 Å². The first-order chi connectivity index (χ1) is 14.3. The molecule has 160 valence electrons. The molecule has 1 aliphatic rings. The summed E-state index contributed by atoms with van der Waals surface area (Å²) in [5, 5.41) is 5.67. The Morgan fingerprint density at radius 2 is 1.73 bits per heavy atom. The lowest BCUT2D eigenvalue weighted by Gasteiger charge is -2.29. The summed E-state index contributed by atoms with van der Waals surface area (Å²) in [6.07, 6.45) is 1.92. The van der Waals surface area contributed by atoms with Crippen LogP contribution in [0.25, 0.3) is 0 Å². The molecule has 1 heterocycles. The number of carbonyl (C=O) groups excluding carboxylic acids is 2. The van der Waals surface area contributed by atoms with Crippen molar-refractivity contribution in [3.63, 3.8) is 0 Å². The van der Waals surface area contributed by atoms with Crippen LogP contribution in [0.3, 0.4) is 0 Å². The Labute approximate surface area is 177 Å². The topological polar surface area (TPSA) is 61.4 Å². The Morgan fingerprint density at radius 1 is 1.03 bits per heavy atom. The van der Waals surface area contributed by atoms with Gasteiger partial charge in [0.25, 0.3) is 0 Å². The van der Waals surface area contributed by atoms with Gasteiger partial charge in [-0.2, -0.15) is 0 Å². The van der Waals surface area contributed by atoms with Crippen LogP contribution in [0.1, 0.15) is 43.4 Å². The molecule has 0 aromatic heterocycles. The summed E-state index contributed by atoms with van der Waals surface area (Å²) in [6, 6.07) is 14.3. The van der Waals surface area contributed by atoms with Gasteiger partial charge in [-0.1, -0.05) is 50.2 Å². The first-order valence-corrected chi connectivity index (χ1v) is 10.5. The number of rotatable bonds is 7. The van der Waals surface area contributed by atoms with Crippen LogP contribution in [-0.4, -0.2) is 36.5 Å². The summed E-state index contributed by atoms with van der Waals surface area (Å²) in [5.74, 6) is -0.146. The molecule has 3 amide bonds. The van der Waals surface area contributed by atoms with E-state index in [4.69, 9.17) is 0 Å². The summed E-state index contributed by atoms with van der Waals surface area (Å²) in [6.45, 7) is 6.28. The fraction of sp³-hybridized carbons (Fsp3) is 0.417. The van der Waals surface area contributed by atoms with E-state index in [9.17, 15) is 14.0 Å². The number of hydrogen-bond acceptors (Lipinski definition) is 2. The molecule has 0 saturated heterocycles. The van der Waals surface area contributed by atoms with Crippen molar-refractivity contribution in [1.29, 1.82) is 0 Å². The largest absolute Gasteiger partial charge is 0.338 e. The number of urea groups is 1. The number of carbonyl (C=O) groups is 2. The van der Waals surface area contributed by atoms with E-state index in [0.717, 1.165) is 18.5 Å². The fourth-order valence-corrected chi connectivity index (χ4v) is 3.68. The van der Waals surface area contributed by atoms with Gasteiger partial charge in [-0.25, -0.2) is 9.18 Å². The Bertz CT molecular complexity index is 880. The highest BCUT2D eigenvalue weighted by molar-refractivity contribution is 5.77. The van der Waals surface area contributed by atoms with Crippen LogP contribution in [0, 0.1) is 5.82 Å². The van der Waals surface area contributed by atoms with E-state index in [1.165, 1.54) is 23.3 Å². The lowest BCUT2D eigenvalue weighted by atomic mass is 9.84. The van der Waals surface area contributed by atoms with Gasteiger partial charge in [-0.15, -0.1) is 0 Å². The third-order valence-electron chi connectivity index (χ3n) is 5.65. The molecule has 2 aromatic carbocycles. The molecule has 5 nitrogen and oxygen atoms in total. The van der Waals surface area contributed by atoms with Crippen molar-refractivity contribution < 1.29 is 14.0 Å². The van der Waals surface area contributed by atoms with Crippen LogP contribution in [0.2, 0.25) is 0 Å². The van der Waals surface area contributed by atoms with E-state index < -0.39 is 0 Å². The molecule has 0 unspecified atom stereocenters. The Morgan fingerprint density at radius 3 is 2.47 bits per heavy atom. The van der Waals surface area contributed by atoms with E-state index in [0.29, 0.717) is 32.5 Å². The van der Waals surface area contributed by atoms with E-state index in [-0.39, 0.29) is 23.2 Å². The van der Waals surface area contributed by atoms with Gasteiger partial charge in [-0.3, -0.25) is 4.79 Å². The van der Waals surface area contributed by atoms with Gasteiger partial charge in [0.1, 0.15) is 5.82 Å². The Kier molecular flexibility index (Phi) is 7.08. The monoisotopic (exact) mass is 411 g/mol. The molecule has 0 atom stereocenters. The van der Waals surface area contributed by atoms with Gasteiger partial charge >= 0.3 is 6.03 Å². The second kappa shape index (κ2) is 9.74. The molecular formula is C24H30FN3O2. The minimum absolute atomic E-state index is 0.129. The molecule has 1 aliphatic heterocycles. The number of fused-ring (bicyclic) bond motifs is 1. The first-order valence-electron chi connectivity index (χ1n) is 10.5. The molecule has 0 radical (unpaired) electrons. The van der Waals surface area contributed by atoms with Crippen molar-refractivity contribution in [1.82, 2.24) is 15.5 Å². The lowest BCUT2D eigenvalue weighted by molar-refractivity contribution is -0.132. The molecule has 6 heteroatoms. The molecule has 0 fully saturated rings. The number of halogens is 1. The summed E-state index contributed by atoms with van der Waals surface area (Å²) in [7, 11) is 0. The summed E-state index contributed by atoms with van der Waals surface area (Å²) < 4.78 is 13.1. The van der Waals surface area contributed by atoms with Crippen LogP contribution >= 0.6 is 0 Å². The van der Waals surface area contributed by atoms with Crippen molar-refractivity contribution in [3.05, 3.63) is 71.0 Å². The number of hydrogen-bond donors (Lipinski definition) is 2. The van der Waals surface area contributed by atoms with Crippen LogP contribution in [0.5, 0.6) is 0 Å². The summed E-state index contributed by atoms with van der Waals surface area (Å²) in [5.41, 5.74) is 3.19. The maximum absolute atomic E-state index is 13.1. The van der Waals surface area contributed by atoms with E-state index in [1.807, 2.05) is 30.9 Å². The summed E-state index contributed by atoms with van der Waals surface area (Å²) in [4.78, 5) is 26.4. The number of amides is 3. The third-order valence-corrected chi connectivity index (χ3v) is 5.65. The SMILES string of the molecule is CC(C)(CNC(=O)NCCCC(=O)N1CCc2ccccc2C1)c1ccc(F)cc1. The predicted octanol–water partition coefficient (Wildman–Crippen LogP) is 3.77. The van der Waals surface area contributed by atoms with Crippen LogP contribution in [0.15, 0.2) is 48.5 Å². The Hall–Kier alpha value is -2.89. The highest BCUT2D eigenvalue weighted by atomic mass is 19.1. The van der Waals surface area contributed by atoms with E-state index >= 15 is 0 Å². The zero-order chi connectivity index (χ0) is 21.6. The first kappa shape index (κ1) is 21.8. The van der Waals surface area contributed by atoms with Crippen molar-refractivity contribution in [2.24, 2.45) is 0 Å². The van der Waals surface area contributed by atoms with Gasteiger partial charge in [0, 0.05) is 38.0 Å². The number of nitrogens with zero attached hydrogens (tertiary/aromatic N) is 1. The number of nitrogens with one attached hydrogen (secondary N) is 2. The normalized spacial score (nSPS) is 13.5. The van der Waals surface area contributed by atoms with Crippen LogP contribution in [-0.2, 0) is 23.2 Å². The Balaban J connectivity index is 1.35. The fourth-order valence-electron chi connectivity index (χ4n) is 3.68. The minimum atomic E-state index is -0.314. The average Bonchev–Trinajstić information content (AvgIpc) is 2.75. The van der Waals surface area contributed by atoms with Crippen LogP contribution in [0.4, 0.5) is 9.18 Å². The molecular weight excluding hydrogens is 381 g/mol. The molecule has 2 aromatic rings. The summed E-state index contributed by atoms with van der Waals surface area (Å²) >= 11 is 0. The standard InChI is InChI=1S/C24H30FN3O2/c1-24(2,20-9-11-21(25)12-10-20)17-27-23(30)26-14-5-8-22(29)28-15-13-18-6-3-4-7-19(18)16-28/h3-4,6-7,9-12H,5,8,13-17H2,1-2H3,(H2,26,27,30). The van der Waals surface area contributed by atoms with Crippen molar-refractivity contribution in [2.45, 2.75) is 45.1 Å². The van der Waals surface area contributed by atoms with Gasteiger partial charge in [0.2, 0.25) is 5.91 Å². The molecule has 3 rings (SSSR count).